The maximum atomic E-state index is 2.76. The van der Waals surface area contributed by atoms with Gasteiger partial charge in [-0.25, -0.2) is 0 Å². The minimum atomic E-state index is 0. The largest absolute Gasteiger partial charge is 0.300 e. The van der Waals surface area contributed by atoms with E-state index in [0.29, 0.717) is 0 Å². The maximum absolute atomic E-state index is 2.76. The summed E-state index contributed by atoms with van der Waals surface area (Å²) in [7, 11) is 0. The lowest BCUT2D eigenvalue weighted by Crippen LogP contribution is -2.39. The number of likely N-dealkylation sites (tertiary alicyclic amines) is 1. The number of hydrogen-bond acceptors (Lipinski definition) is 1. The average Bonchev–Trinajstić information content (AvgIpc) is 2.38. The van der Waals surface area contributed by atoms with Crippen LogP contribution in [0, 0.1) is 0 Å². The molecule has 110 valence electrons. The molecule has 1 nitrogen and oxygen atoms in total. The second-order valence-corrected chi connectivity index (χ2v) is 5.72. The molecule has 1 aliphatic rings. The highest BCUT2D eigenvalue weighted by molar-refractivity contribution is 4.75. The smallest absolute Gasteiger partial charge is 0.00926 e. The van der Waals surface area contributed by atoms with Gasteiger partial charge in [0.15, 0.2) is 0 Å². The molecule has 1 atom stereocenters. The summed E-state index contributed by atoms with van der Waals surface area (Å²) in [6, 6.07) is 0.906. The molecule has 0 bridgehead atoms. The first-order chi connectivity index (χ1) is 8.38. The molecule has 1 rings (SSSR count). The summed E-state index contributed by atoms with van der Waals surface area (Å²) < 4.78 is 0. The van der Waals surface area contributed by atoms with Gasteiger partial charge in [-0.05, 0) is 38.8 Å². The summed E-state index contributed by atoms with van der Waals surface area (Å²) in [4.78, 5) is 2.76. The predicted molar refractivity (Wildman–Crippen MR) is 80.0 cm³/mol. The van der Waals surface area contributed by atoms with Gasteiger partial charge in [-0.15, -0.1) is 0 Å². The van der Waals surface area contributed by atoms with E-state index in [-0.39, 0.29) is 4.70 Å². The number of unbranched alkanes of at least 4 members (excludes halogenated alkanes) is 6. The Balaban J connectivity index is 0.00000289. The Hall–Kier alpha value is -0.110. The molecule has 2 heteroatoms. The van der Waals surface area contributed by atoms with Crippen molar-refractivity contribution in [2.75, 3.05) is 13.1 Å². The fourth-order valence-corrected chi connectivity index (χ4v) is 3.09. The summed E-state index contributed by atoms with van der Waals surface area (Å²) in [5.74, 6) is 0. The van der Waals surface area contributed by atoms with Crippen molar-refractivity contribution in [2.24, 2.45) is 0 Å². The van der Waals surface area contributed by atoms with E-state index in [1.807, 2.05) is 0 Å². The minimum absolute atomic E-state index is 0. The standard InChI is InChI=1S/C16H33N.FH/c1-3-5-6-7-8-9-11-14-17-15-12-10-13-16(17)4-2;/h16H,3-15H2,1-2H3;1H. The van der Waals surface area contributed by atoms with Gasteiger partial charge < -0.3 is 4.90 Å². The third-order valence-corrected chi connectivity index (χ3v) is 4.27. The van der Waals surface area contributed by atoms with Crippen molar-refractivity contribution >= 4 is 0 Å². The lowest BCUT2D eigenvalue weighted by molar-refractivity contribution is 0.141. The number of hydrogen-bond donors (Lipinski definition) is 0. The van der Waals surface area contributed by atoms with Crippen molar-refractivity contribution in [3.8, 4) is 0 Å². The van der Waals surface area contributed by atoms with Crippen molar-refractivity contribution < 1.29 is 4.70 Å². The van der Waals surface area contributed by atoms with Crippen LogP contribution in [0.25, 0.3) is 0 Å². The van der Waals surface area contributed by atoms with E-state index in [1.54, 1.807) is 0 Å². The second kappa shape index (κ2) is 12.0. The van der Waals surface area contributed by atoms with Gasteiger partial charge in [0.05, 0.1) is 0 Å². The second-order valence-electron chi connectivity index (χ2n) is 5.72. The van der Waals surface area contributed by atoms with Crippen molar-refractivity contribution in [1.82, 2.24) is 4.90 Å². The molecule has 0 spiro atoms. The molecule has 0 saturated carbocycles. The molecule has 1 saturated heterocycles. The van der Waals surface area contributed by atoms with Crippen LogP contribution < -0.4 is 0 Å². The summed E-state index contributed by atoms with van der Waals surface area (Å²) in [6.07, 6.45) is 15.8. The molecule has 0 aromatic rings. The molecular formula is C16H34FN. The predicted octanol–water partition coefficient (Wildman–Crippen LogP) is 5.15. The van der Waals surface area contributed by atoms with E-state index >= 15 is 0 Å². The molecular weight excluding hydrogens is 225 g/mol. The first kappa shape index (κ1) is 17.9. The van der Waals surface area contributed by atoms with Crippen LogP contribution in [0.15, 0.2) is 0 Å². The van der Waals surface area contributed by atoms with Gasteiger partial charge in [0.1, 0.15) is 0 Å². The molecule has 0 amide bonds. The van der Waals surface area contributed by atoms with Crippen molar-refractivity contribution in [1.29, 1.82) is 0 Å². The summed E-state index contributed by atoms with van der Waals surface area (Å²) in [5, 5.41) is 0. The molecule has 1 fully saturated rings. The van der Waals surface area contributed by atoms with Crippen molar-refractivity contribution in [3.05, 3.63) is 0 Å². The minimum Gasteiger partial charge on any atom is -0.300 e. The van der Waals surface area contributed by atoms with Crippen LogP contribution >= 0.6 is 0 Å². The lowest BCUT2D eigenvalue weighted by atomic mass is 9.99. The zero-order valence-electron chi connectivity index (χ0n) is 12.6. The van der Waals surface area contributed by atoms with E-state index in [4.69, 9.17) is 0 Å². The molecule has 0 aromatic carbocycles. The van der Waals surface area contributed by atoms with Crippen LogP contribution in [-0.4, -0.2) is 24.0 Å². The third kappa shape index (κ3) is 7.35. The summed E-state index contributed by atoms with van der Waals surface area (Å²) in [5.41, 5.74) is 0. The number of nitrogens with zero attached hydrogens (tertiary/aromatic N) is 1. The van der Waals surface area contributed by atoms with Crippen molar-refractivity contribution in [2.45, 2.75) is 90.5 Å². The van der Waals surface area contributed by atoms with E-state index in [0.717, 1.165) is 6.04 Å². The zero-order chi connectivity index (χ0) is 12.3. The SMILES string of the molecule is CCCCCCCCCN1CCCCC1CC.F. The van der Waals surface area contributed by atoms with Gasteiger partial charge in [0, 0.05) is 6.04 Å². The fraction of sp³-hybridized carbons (Fsp3) is 1.00. The van der Waals surface area contributed by atoms with E-state index in [1.165, 1.54) is 83.7 Å². The molecule has 0 aromatic heterocycles. The third-order valence-electron chi connectivity index (χ3n) is 4.27. The first-order valence-corrected chi connectivity index (χ1v) is 8.12. The zero-order valence-corrected chi connectivity index (χ0v) is 12.6. The van der Waals surface area contributed by atoms with Gasteiger partial charge in [-0.1, -0.05) is 58.8 Å². The molecule has 1 aliphatic heterocycles. The molecule has 0 aliphatic carbocycles. The van der Waals surface area contributed by atoms with Gasteiger partial charge in [0.2, 0.25) is 0 Å². The van der Waals surface area contributed by atoms with Crippen LogP contribution in [0.5, 0.6) is 0 Å². The topological polar surface area (TPSA) is 3.24 Å². The maximum Gasteiger partial charge on any atom is 0.00926 e. The van der Waals surface area contributed by atoms with Crippen molar-refractivity contribution in [3.63, 3.8) is 0 Å². The molecule has 0 N–H and O–H groups in total. The highest BCUT2D eigenvalue weighted by Gasteiger charge is 2.19. The summed E-state index contributed by atoms with van der Waals surface area (Å²) >= 11 is 0. The van der Waals surface area contributed by atoms with Crippen LogP contribution in [0.4, 0.5) is 4.70 Å². The van der Waals surface area contributed by atoms with Crippen LogP contribution in [0.1, 0.15) is 84.5 Å². The lowest BCUT2D eigenvalue weighted by Gasteiger charge is -2.35. The first-order valence-electron chi connectivity index (χ1n) is 8.12. The molecule has 18 heavy (non-hydrogen) atoms. The Kier molecular flexibility index (Phi) is 11.9. The molecule has 1 unspecified atom stereocenters. The van der Waals surface area contributed by atoms with E-state index < -0.39 is 0 Å². The van der Waals surface area contributed by atoms with Gasteiger partial charge in [-0.2, -0.15) is 0 Å². The highest BCUT2D eigenvalue weighted by Crippen LogP contribution is 2.20. The van der Waals surface area contributed by atoms with E-state index in [2.05, 4.69) is 18.7 Å². The Bertz CT molecular complexity index is 172. The Morgan fingerprint density at radius 1 is 0.889 bits per heavy atom. The normalized spacial score (nSPS) is 20.7. The molecule has 0 radical (unpaired) electrons. The average molecular weight is 259 g/mol. The highest BCUT2D eigenvalue weighted by atomic mass is 19.0. The van der Waals surface area contributed by atoms with Crippen LogP contribution in [0.2, 0.25) is 0 Å². The summed E-state index contributed by atoms with van der Waals surface area (Å²) in [6.45, 7) is 7.38. The fourth-order valence-electron chi connectivity index (χ4n) is 3.09. The van der Waals surface area contributed by atoms with Crippen LogP contribution in [0.3, 0.4) is 0 Å². The number of halogens is 1. The Morgan fingerprint density at radius 2 is 1.56 bits per heavy atom. The quantitative estimate of drug-likeness (QED) is 0.517. The monoisotopic (exact) mass is 259 g/mol. The number of piperidine rings is 1. The van der Waals surface area contributed by atoms with Gasteiger partial charge >= 0.3 is 0 Å². The molecule has 1 heterocycles. The Morgan fingerprint density at radius 3 is 2.22 bits per heavy atom. The van der Waals surface area contributed by atoms with Gasteiger partial charge in [-0.3, -0.25) is 4.70 Å². The van der Waals surface area contributed by atoms with E-state index in [9.17, 15) is 0 Å². The Labute approximate surface area is 114 Å². The number of rotatable bonds is 9. The van der Waals surface area contributed by atoms with Crippen LogP contribution in [-0.2, 0) is 0 Å². The van der Waals surface area contributed by atoms with Gasteiger partial charge in [0.25, 0.3) is 0 Å².